The first-order valence-corrected chi connectivity index (χ1v) is 5.77. The number of piperidine rings is 1. The Labute approximate surface area is 92.4 Å². The van der Waals surface area contributed by atoms with Crippen LogP contribution in [0.2, 0.25) is 0 Å². The zero-order valence-electron chi connectivity index (χ0n) is 10.0. The lowest BCUT2D eigenvalue weighted by atomic mass is 9.85. The van der Waals surface area contributed by atoms with Gasteiger partial charge in [0.2, 0.25) is 5.91 Å². The Morgan fingerprint density at radius 1 is 1.60 bits per heavy atom. The van der Waals surface area contributed by atoms with Gasteiger partial charge in [0.05, 0.1) is 0 Å². The summed E-state index contributed by atoms with van der Waals surface area (Å²) < 4.78 is 0. The first kappa shape index (κ1) is 12.5. The minimum Gasteiger partial charge on any atom is -0.316 e. The predicted molar refractivity (Wildman–Crippen MR) is 61.2 cm³/mol. The van der Waals surface area contributed by atoms with Gasteiger partial charge in [0, 0.05) is 20.5 Å². The second-order valence-corrected chi connectivity index (χ2v) is 4.72. The number of nitrogens with zero attached hydrogens (tertiary/aromatic N) is 1. The normalized spacial score (nSPS) is 23.9. The molecule has 0 aromatic carbocycles. The monoisotopic (exact) mass is 213 g/mol. The van der Waals surface area contributed by atoms with Gasteiger partial charge in [-0.05, 0) is 37.8 Å². The molecule has 0 aliphatic carbocycles. The Kier molecular flexibility index (Phi) is 5.05. The summed E-state index contributed by atoms with van der Waals surface area (Å²) in [5.74, 6) is 1.25. The second-order valence-electron chi connectivity index (χ2n) is 4.72. The van der Waals surface area contributed by atoms with Gasteiger partial charge in [0.15, 0.2) is 0 Å². The molecule has 1 saturated heterocycles. The highest BCUT2D eigenvalue weighted by Gasteiger charge is 2.21. The van der Waals surface area contributed by atoms with E-state index in [1.807, 2.05) is 14.1 Å². The van der Waals surface area contributed by atoms with E-state index in [0.717, 1.165) is 13.1 Å². The van der Waals surface area contributed by atoms with Gasteiger partial charge in [0.1, 0.15) is 0 Å². The minimum atomic E-state index is 0.123. The summed E-state index contributed by atoms with van der Waals surface area (Å²) in [5.41, 5.74) is 2.79. The molecule has 4 nitrogen and oxygen atoms in total. The van der Waals surface area contributed by atoms with Gasteiger partial charge < -0.3 is 5.32 Å². The summed E-state index contributed by atoms with van der Waals surface area (Å²) in [6, 6.07) is 0. The maximum Gasteiger partial charge on any atom is 0.234 e. The van der Waals surface area contributed by atoms with Gasteiger partial charge in [-0.15, -0.1) is 0 Å². The largest absolute Gasteiger partial charge is 0.316 e. The molecule has 2 unspecified atom stereocenters. The van der Waals surface area contributed by atoms with E-state index in [2.05, 4.69) is 17.7 Å². The summed E-state index contributed by atoms with van der Waals surface area (Å²) in [7, 11) is 3.68. The molecule has 1 fully saturated rings. The van der Waals surface area contributed by atoms with Gasteiger partial charge in [-0.3, -0.25) is 10.2 Å². The molecule has 0 radical (unpaired) electrons. The average molecular weight is 213 g/mol. The fourth-order valence-corrected chi connectivity index (χ4v) is 2.12. The molecular formula is C11H23N3O. The van der Waals surface area contributed by atoms with Crippen LogP contribution in [0.4, 0.5) is 0 Å². The number of amides is 1. The lowest BCUT2D eigenvalue weighted by Gasteiger charge is -2.28. The summed E-state index contributed by atoms with van der Waals surface area (Å²) >= 11 is 0. The number of hydrazine groups is 1. The Bertz CT molecular complexity index is 200. The molecule has 0 aromatic heterocycles. The summed E-state index contributed by atoms with van der Waals surface area (Å²) in [6.45, 7) is 4.37. The highest BCUT2D eigenvalue weighted by atomic mass is 16.2. The zero-order chi connectivity index (χ0) is 11.3. The SMILES string of the molecule is CC(CC(=O)NN(C)C)C1CCCNC1. The quantitative estimate of drug-likeness (QED) is 0.672. The zero-order valence-corrected chi connectivity index (χ0v) is 10.0. The number of hydrogen-bond donors (Lipinski definition) is 2. The molecule has 0 spiro atoms. The van der Waals surface area contributed by atoms with Gasteiger partial charge in [-0.25, -0.2) is 5.01 Å². The Morgan fingerprint density at radius 2 is 2.33 bits per heavy atom. The standard InChI is InChI=1S/C11H23N3O/c1-9(7-11(15)13-14(2)3)10-5-4-6-12-8-10/h9-10,12H,4-8H2,1-3H3,(H,13,15). The molecule has 88 valence electrons. The van der Waals surface area contributed by atoms with E-state index in [9.17, 15) is 4.79 Å². The molecule has 0 aromatic rings. The van der Waals surface area contributed by atoms with E-state index in [4.69, 9.17) is 0 Å². The molecular weight excluding hydrogens is 190 g/mol. The number of rotatable bonds is 4. The van der Waals surface area contributed by atoms with Gasteiger partial charge in [-0.2, -0.15) is 0 Å². The van der Waals surface area contributed by atoms with Crippen LogP contribution in [0.5, 0.6) is 0 Å². The lowest BCUT2D eigenvalue weighted by Crippen LogP contribution is -2.39. The van der Waals surface area contributed by atoms with Crippen molar-refractivity contribution in [1.82, 2.24) is 15.8 Å². The smallest absolute Gasteiger partial charge is 0.234 e. The third-order valence-electron chi connectivity index (χ3n) is 3.00. The van der Waals surface area contributed by atoms with Gasteiger partial charge >= 0.3 is 0 Å². The van der Waals surface area contributed by atoms with E-state index in [1.54, 1.807) is 5.01 Å². The van der Waals surface area contributed by atoms with Crippen LogP contribution >= 0.6 is 0 Å². The van der Waals surface area contributed by atoms with E-state index in [-0.39, 0.29) is 5.91 Å². The maximum absolute atomic E-state index is 11.5. The molecule has 2 N–H and O–H groups in total. The van der Waals surface area contributed by atoms with Gasteiger partial charge in [-0.1, -0.05) is 6.92 Å². The lowest BCUT2D eigenvalue weighted by molar-refractivity contribution is -0.126. The van der Waals surface area contributed by atoms with Crippen LogP contribution in [0.1, 0.15) is 26.2 Å². The maximum atomic E-state index is 11.5. The fourth-order valence-electron chi connectivity index (χ4n) is 2.12. The van der Waals surface area contributed by atoms with Crippen LogP contribution in [-0.4, -0.2) is 38.1 Å². The van der Waals surface area contributed by atoms with Crippen molar-refractivity contribution >= 4 is 5.91 Å². The van der Waals surface area contributed by atoms with Crippen LogP contribution < -0.4 is 10.7 Å². The number of hydrogen-bond acceptors (Lipinski definition) is 3. The molecule has 0 saturated carbocycles. The van der Waals surface area contributed by atoms with Crippen molar-refractivity contribution in [2.45, 2.75) is 26.2 Å². The van der Waals surface area contributed by atoms with Crippen molar-refractivity contribution in [3.8, 4) is 0 Å². The molecule has 2 atom stereocenters. The molecule has 1 aliphatic rings. The third-order valence-corrected chi connectivity index (χ3v) is 3.00. The molecule has 1 heterocycles. The van der Waals surface area contributed by atoms with Crippen molar-refractivity contribution < 1.29 is 4.79 Å². The molecule has 0 bridgehead atoms. The number of nitrogens with one attached hydrogen (secondary N) is 2. The summed E-state index contributed by atoms with van der Waals surface area (Å²) in [5, 5.41) is 5.09. The van der Waals surface area contributed by atoms with Crippen molar-refractivity contribution in [2.24, 2.45) is 11.8 Å². The highest BCUT2D eigenvalue weighted by Crippen LogP contribution is 2.22. The van der Waals surface area contributed by atoms with Crippen molar-refractivity contribution in [1.29, 1.82) is 0 Å². The van der Waals surface area contributed by atoms with Crippen LogP contribution in [0.25, 0.3) is 0 Å². The molecule has 1 aliphatic heterocycles. The molecule has 1 amide bonds. The van der Waals surface area contributed by atoms with E-state index in [0.29, 0.717) is 18.3 Å². The van der Waals surface area contributed by atoms with Crippen molar-refractivity contribution in [3.05, 3.63) is 0 Å². The van der Waals surface area contributed by atoms with Crippen LogP contribution in [0, 0.1) is 11.8 Å². The van der Waals surface area contributed by atoms with Crippen molar-refractivity contribution in [3.63, 3.8) is 0 Å². The summed E-state index contributed by atoms with van der Waals surface area (Å²) in [4.78, 5) is 11.5. The number of carbonyl (C=O) groups is 1. The molecule has 1 rings (SSSR count). The van der Waals surface area contributed by atoms with Crippen molar-refractivity contribution in [2.75, 3.05) is 27.2 Å². The Morgan fingerprint density at radius 3 is 2.87 bits per heavy atom. The first-order valence-electron chi connectivity index (χ1n) is 5.77. The van der Waals surface area contributed by atoms with Crippen LogP contribution in [0.15, 0.2) is 0 Å². The molecule has 15 heavy (non-hydrogen) atoms. The van der Waals surface area contributed by atoms with E-state index in [1.165, 1.54) is 12.8 Å². The topological polar surface area (TPSA) is 44.4 Å². The van der Waals surface area contributed by atoms with Crippen LogP contribution in [-0.2, 0) is 4.79 Å². The first-order chi connectivity index (χ1) is 7.09. The van der Waals surface area contributed by atoms with Crippen LogP contribution in [0.3, 0.4) is 0 Å². The average Bonchev–Trinajstić information content (AvgIpc) is 2.17. The number of carbonyl (C=O) groups excluding carboxylic acids is 1. The fraction of sp³-hybridized carbons (Fsp3) is 0.909. The Hall–Kier alpha value is -0.610. The van der Waals surface area contributed by atoms with E-state index >= 15 is 0 Å². The third kappa shape index (κ3) is 4.62. The Balaban J connectivity index is 2.27. The van der Waals surface area contributed by atoms with E-state index < -0.39 is 0 Å². The minimum absolute atomic E-state index is 0.123. The second kappa shape index (κ2) is 6.08. The van der Waals surface area contributed by atoms with Gasteiger partial charge in [0.25, 0.3) is 0 Å². The predicted octanol–water partition coefficient (Wildman–Crippen LogP) is 0.605. The molecule has 4 heteroatoms. The highest BCUT2D eigenvalue weighted by molar-refractivity contribution is 5.75. The summed E-state index contributed by atoms with van der Waals surface area (Å²) in [6.07, 6.45) is 3.12.